The van der Waals surface area contributed by atoms with Gasteiger partial charge in [0.05, 0.1) is 4.90 Å². The molecule has 1 aromatic carbocycles. The van der Waals surface area contributed by atoms with E-state index in [-0.39, 0.29) is 10.8 Å². The van der Waals surface area contributed by atoms with Gasteiger partial charge < -0.3 is 11.1 Å². The number of nitrogens with one attached hydrogen (secondary N) is 1. The Morgan fingerprint density at radius 2 is 1.69 bits per heavy atom. The number of rotatable bonds is 11. The number of unbranched alkanes of at least 4 members (excludes halogenated alkanes) is 3. The molecule has 0 aliphatic rings. The van der Waals surface area contributed by atoms with Gasteiger partial charge in [-0.05, 0) is 56.5 Å². The normalized spacial score (nSPS) is 11.8. The van der Waals surface area contributed by atoms with Gasteiger partial charge in [0.1, 0.15) is 0 Å². The van der Waals surface area contributed by atoms with E-state index < -0.39 is 10.0 Å². The highest BCUT2D eigenvalue weighted by Gasteiger charge is 2.23. The first-order valence-corrected chi connectivity index (χ1v) is 10.8. The van der Waals surface area contributed by atoms with Crippen LogP contribution in [0, 0.1) is 13.8 Å². The van der Waals surface area contributed by atoms with Crippen molar-refractivity contribution in [2.24, 2.45) is 5.73 Å². The highest BCUT2D eigenvalue weighted by Crippen LogP contribution is 2.26. The van der Waals surface area contributed by atoms with E-state index >= 15 is 0 Å². The molecular weight excluding hydrogens is 350 g/mol. The lowest BCUT2D eigenvalue weighted by atomic mass is 10.1. The Kier molecular flexibility index (Phi) is 9.25. The number of anilines is 1. The van der Waals surface area contributed by atoms with Crippen LogP contribution in [0.1, 0.15) is 57.1 Å². The van der Waals surface area contributed by atoms with Crippen LogP contribution in [0.2, 0.25) is 0 Å². The number of nitrogens with zero attached hydrogens (tertiary/aromatic N) is 1. The quantitative estimate of drug-likeness (QED) is 0.574. The molecule has 0 unspecified atom stereocenters. The van der Waals surface area contributed by atoms with Crippen molar-refractivity contribution >= 4 is 21.6 Å². The minimum atomic E-state index is -3.56. The Morgan fingerprint density at radius 3 is 2.27 bits per heavy atom. The van der Waals surface area contributed by atoms with Gasteiger partial charge in [0.2, 0.25) is 15.9 Å². The zero-order valence-corrected chi connectivity index (χ0v) is 17.3. The van der Waals surface area contributed by atoms with Gasteiger partial charge in [-0.25, -0.2) is 8.42 Å². The summed E-state index contributed by atoms with van der Waals surface area (Å²) in [7, 11) is -3.56. The summed E-state index contributed by atoms with van der Waals surface area (Å²) >= 11 is 0. The molecule has 6 nitrogen and oxygen atoms in total. The third-order valence-corrected chi connectivity index (χ3v) is 6.64. The number of benzene rings is 1. The zero-order valence-electron chi connectivity index (χ0n) is 16.5. The van der Waals surface area contributed by atoms with Crippen LogP contribution in [0.25, 0.3) is 0 Å². The van der Waals surface area contributed by atoms with Crippen LogP contribution in [0.15, 0.2) is 17.0 Å². The molecule has 0 radical (unpaired) electrons. The molecule has 0 heterocycles. The molecule has 0 bridgehead atoms. The van der Waals surface area contributed by atoms with Gasteiger partial charge in [0, 0.05) is 25.2 Å². The molecule has 0 saturated heterocycles. The van der Waals surface area contributed by atoms with Gasteiger partial charge >= 0.3 is 0 Å². The Labute approximate surface area is 158 Å². The fourth-order valence-corrected chi connectivity index (χ4v) is 4.38. The average molecular weight is 384 g/mol. The van der Waals surface area contributed by atoms with E-state index in [9.17, 15) is 13.2 Å². The number of hydrogen-bond donors (Lipinski definition) is 2. The second kappa shape index (κ2) is 10.6. The predicted octanol–water partition coefficient (Wildman–Crippen LogP) is 3.18. The van der Waals surface area contributed by atoms with Crippen molar-refractivity contribution in [3.05, 3.63) is 23.3 Å². The molecule has 1 aromatic rings. The molecule has 0 aromatic heterocycles. The third kappa shape index (κ3) is 6.07. The van der Waals surface area contributed by atoms with E-state index in [4.69, 9.17) is 5.73 Å². The van der Waals surface area contributed by atoms with Crippen LogP contribution in [0.4, 0.5) is 5.69 Å². The molecule has 26 heavy (non-hydrogen) atoms. The van der Waals surface area contributed by atoms with Gasteiger partial charge in [-0.2, -0.15) is 4.31 Å². The van der Waals surface area contributed by atoms with Crippen LogP contribution in [0.3, 0.4) is 0 Å². The number of nitrogens with two attached hydrogens (primary N) is 1. The molecule has 0 atom stereocenters. The molecule has 0 saturated carbocycles. The molecule has 0 spiro atoms. The minimum absolute atomic E-state index is 0.0855. The van der Waals surface area contributed by atoms with Crippen molar-refractivity contribution in [1.82, 2.24) is 4.31 Å². The number of sulfonamides is 1. The first kappa shape index (κ1) is 22.6. The number of aryl methyl sites for hydroxylation is 1. The maximum absolute atomic E-state index is 12.8. The van der Waals surface area contributed by atoms with E-state index in [0.717, 1.165) is 36.8 Å². The molecule has 148 valence electrons. The van der Waals surface area contributed by atoms with E-state index in [1.165, 1.54) is 4.31 Å². The number of carbonyl (C=O) groups is 1. The monoisotopic (exact) mass is 383 g/mol. The molecule has 0 aliphatic carbocycles. The molecular formula is C19H33N3O3S. The molecule has 0 aliphatic heterocycles. The predicted molar refractivity (Wildman–Crippen MR) is 107 cm³/mol. The summed E-state index contributed by atoms with van der Waals surface area (Å²) in [5.41, 5.74) is 7.77. The number of carbonyl (C=O) groups excluding carboxylic acids is 1. The van der Waals surface area contributed by atoms with E-state index in [1.807, 2.05) is 27.7 Å². The standard InChI is InChI=1S/C19H33N3O3S/c1-5-22(6-2)26(24,25)17-13-15(3)16(4)18(14-17)21-19(23)11-9-7-8-10-12-20/h13-14H,5-12,20H2,1-4H3,(H,21,23). The molecule has 7 heteroatoms. The Balaban J connectivity index is 2.93. The molecule has 0 fully saturated rings. The molecule has 1 amide bonds. The van der Waals surface area contributed by atoms with Gasteiger partial charge in [-0.15, -0.1) is 0 Å². The first-order valence-electron chi connectivity index (χ1n) is 9.39. The van der Waals surface area contributed by atoms with E-state index in [2.05, 4.69) is 5.32 Å². The summed E-state index contributed by atoms with van der Waals surface area (Å²) in [5.74, 6) is -0.0855. The van der Waals surface area contributed by atoms with Gasteiger partial charge in [-0.3, -0.25) is 4.79 Å². The summed E-state index contributed by atoms with van der Waals surface area (Å²) in [6, 6.07) is 3.24. The summed E-state index contributed by atoms with van der Waals surface area (Å²) in [5, 5.41) is 2.88. The second-order valence-corrected chi connectivity index (χ2v) is 8.44. The van der Waals surface area contributed by atoms with Gasteiger partial charge in [-0.1, -0.05) is 26.7 Å². The Hall–Kier alpha value is -1.44. The van der Waals surface area contributed by atoms with Crippen molar-refractivity contribution in [2.75, 3.05) is 25.0 Å². The lowest BCUT2D eigenvalue weighted by Gasteiger charge is -2.20. The topological polar surface area (TPSA) is 92.5 Å². The van der Waals surface area contributed by atoms with Crippen molar-refractivity contribution in [3.8, 4) is 0 Å². The SMILES string of the molecule is CCN(CC)S(=O)(=O)c1cc(C)c(C)c(NC(=O)CCCCCCN)c1. The third-order valence-electron chi connectivity index (χ3n) is 4.62. The van der Waals surface area contributed by atoms with Gasteiger partial charge in [0.15, 0.2) is 0 Å². The minimum Gasteiger partial charge on any atom is -0.330 e. The average Bonchev–Trinajstić information content (AvgIpc) is 2.59. The second-order valence-electron chi connectivity index (χ2n) is 6.50. The first-order chi connectivity index (χ1) is 12.3. The number of amides is 1. The van der Waals surface area contributed by atoms with Crippen molar-refractivity contribution < 1.29 is 13.2 Å². The van der Waals surface area contributed by atoms with Gasteiger partial charge in [0.25, 0.3) is 0 Å². The Bertz CT molecular complexity index is 698. The van der Waals surface area contributed by atoms with Crippen LogP contribution < -0.4 is 11.1 Å². The largest absolute Gasteiger partial charge is 0.330 e. The van der Waals surface area contributed by atoms with Crippen LogP contribution in [-0.2, 0) is 14.8 Å². The Morgan fingerprint density at radius 1 is 1.08 bits per heavy atom. The highest BCUT2D eigenvalue weighted by atomic mass is 32.2. The summed E-state index contributed by atoms with van der Waals surface area (Å²) in [6.45, 7) is 8.88. The summed E-state index contributed by atoms with van der Waals surface area (Å²) in [6.07, 6.45) is 4.21. The fraction of sp³-hybridized carbons (Fsp3) is 0.632. The van der Waals surface area contributed by atoms with E-state index in [0.29, 0.717) is 31.7 Å². The van der Waals surface area contributed by atoms with Crippen molar-refractivity contribution in [3.63, 3.8) is 0 Å². The van der Waals surface area contributed by atoms with Crippen LogP contribution >= 0.6 is 0 Å². The van der Waals surface area contributed by atoms with Crippen molar-refractivity contribution in [2.45, 2.75) is 64.7 Å². The number of hydrogen-bond acceptors (Lipinski definition) is 4. The van der Waals surface area contributed by atoms with Crippen LogP contribution in [0.5, 0.6) is 0 Å². The maximum atomic E-state index is 12.8. The smallest absolute Gasteiger partial charge is 0.243 e. The lowest BCUT2D eigenvalue weighted by molar-refractivity contribution is -0.116. The van der Waals surface area contributed by atoms with Crippen molar-refractivity contribution in [1.29, 1.82) is 0 Å². The summed E-state index contributed by atoms with van der Waals surface area (Å²) in [4.78, 5) is 12.4. The van der Waals surface area contributed by atoms with E-state index in [1.54, 1.807) is 12.1 Å². The lowest BCUT2D eigenvalue weighted by Crippen LogP contribution is -2.30. The fourth-order valence-electron chi connectivity index (χ4n) is 2.81. The highest BCUT2D eigenvalue weighted by molar-refractivity contribution is 7.89. The zero-order chi connectivity index (χ0) is 19.7. The summed E-state index contributed by atoms with van der Waals surface area (Å²) < 4.78 is 27.0. The molecule has 1 rings (SSSR count). The molecule has 3 N–H and O–H groups in total. The maximum Gasteiger partial charge on any atom is 0.243 e. The van der Waals surface area contributed by atoms with Crippen LogP contribution in [-0.4, -0.2) is 38.3 Å².